The first-order valence-electron chi connectivity index (χ1n) is 8.53. The molecule has 130 valence electrons. The monoisotopic (exact) mass is 331 g/mol. The minimum atomic E-state index is -0.446. The zero-order valence-corrected chi connectivity index (χ0v) is 14.1. The Hall–Kier alpha value is -2.15. The van der Waals surface area contributed by atoms with Gasteiger partial charge >= 0.3 is 0 Å². The average molecular weight is 331 g/mol. The second-order valence-corrected chi connectivity index (χ2v) is 6.66. The number of pyridine rings is 1. The fraction of sp³-hybridized carbons (Fsp3) is 0.588. The molecular formula is C17H25N5O2. The Morgan fingerprint density at radius 1 is 1.12 bits per heavy atom. The lowest BCUT2D eigenvalue weighted by Crippen LogP contribution is -2.50. The highest BCUT2D eigenvalue weighted by atomic mass is 16.2. The van der Waals surface area contributed by atoms with Crippen molar-refractivity contribution in [1.82, 2.24) is 14.8 Å². The van der Waals surface area contributed by atoms with Gasteiger partial charge in [0.2, 0.25) is 11.8 Å². The van der Waals surface area contributed by atoms with Gasteiger partial charge in [-0.25, -0.2) is 4.98 Å². The number of amides is 2. The molecule has 3 rings (SSSR count). The van der Waals surface area contributed by atoms with Crippen LogP contribution in [0.1, 0.15) is 23.2 Å². The molecule has 0 atom stereocenters. The van der Waals surface area contributed by atoms with Crippen molar-refractivity contribution in [3.05, 3.63) is 23.9 Å². The number of nitrogens with two attached hydrogens (primary N) is 1. The van der Waals surface area contributed by atoms with Crippen LogP contribution in [-0.2, 0) is 4.79 Å². The van der Waals surface area contributed by atoms with Crippen LogP contribution in [0.5, 0.6) is 0 Å². The molecule has 0 unspecified atom stereocenters. The van der Waals surface area contributed by atoms with Crippen LogP contribution in [-0.4, -0.2) is 72.9 Å². The molecule has 0 aliphatic carbocycles. The lowest BCUT2D eigenvalue weighted by atomic mass is 9.95. The van der Waals surface area contributed by atoms with Gasteiger partial charge in [-0.3, -0.25) is 9.59 Å². The van der Waals surface area contributed by atoms with E-state index in [1.807, 2.05) is 4.90 Å². The number of aromatic nitrogens is 1. The number of carbonyl (C=O) groups excluding carboxylic acids is 2. The molecule has 2 N–H and O–H groups in total. The van der Waals surface area contributed by atoms with Crippen LogP contribution in [0.15, 0.2) is 18.3 Å². The second kappa shape index (κ2) is 7.17. The van der Waals surface area contributed by atoms with Gasteiger partial charge in [0.25, 0.3) is 0 Å². The summed E-state index contributed by atoms with van der Waals surface area (Å²) in [6.45, 7) is 5.12. The van der Waals surface area contributed by atoms with Crippen molar-refractivity contribution >= 4 is 17.6 Å². The van der Waals surface area contributed by atoms with E-state index in [4.69, 9.17) is 5.73 Å². The molecule has 2 amide bonds. The van der Waals surface area contributed by atoms with Crippen LogP contribution < -0.4 is 10.6 Å². The first-order valence-corrected chi connectivity index (χ1v) is 8.53. The molecule has 2 saturated heterocycles. The Labute approximate surface area is 142 Å². The first kappa shape index (κ1) is 16.7. The molecule has 24 heavy (non-hydrogen) atoms. The summed E-state index contributed by atoms with van der Waals surface area (Å²) in [6.07, 6.45) is 3.26. The largest absolute Gasteiger partial charge is 0.366 e. The lowest BCUT2D eigenvalue weighted by molar-refractivity contribution is -0.137. The van der Waals surface area contributed by atoms with E-state index in [-0.39, 0.29) is 5.92 Å². The Bertz CT molecular complexity index is 605. The third kappa shape index (κ3) is 3.67. The van der Waals surface area contributed by atoms with Crippen molar-refractivity contribution in [1.29, 1.82) is 0 Å². The number of anilines is 1. The number of piperidine rings is 1. The molecule has 1 aromatic heterocycles. The summed E-state index contributed by atoms with van der Waals surface area (Å²) in [6, 6.07) is 3.35. The minimum Gasteiger partial charge on any atom is -0.366 e. The van der Waals surface area contributed by atoms with Gasteiger partial charge in [-0.1, -0.05) is 0 Å². The van der Waals surface area contributed by atoms with E-state index >= 15 is 0 Å². The molecule has 7 heteroatoms. The molecule has 0 bridgehead atoms. The number of nitrogens with zero attached hydrogens (tertiary/aromatic N) is 4. The second-order valence-electron chi connectivity index (χ2n) is 6.66. The number of hydrogen-bond acceptors (Lipinski definition) is 5. The maximum Gasteiger partial charge on any atom is 0.248 e. The highest BCUT2D eigenvalue weighted by molar-refractivity contribution is 5.93. The van der Waals surface area contributed by atoms with Crippen LogP contribution in [0, 0.1) is 5.92 Å². The van der Waals surface area contributed by atoms with Crippen LogP contribution in [0.2, 0.25) is 0 Å². The zero-order chi connectivity index (χ0) is 17.1. The van der Waals surface area contributed by atoms with E-state index in [9.17, 15) is 9.59 Å². The van der Waals surface area contributed by atoms with Crippen molar-refractivity contribution in [2.24, 2.45) is 11.7 Å². The zero-order valence-electron chi connectivity index (χ0n) is 14.1. The predicted molar refractivity (Wildman–Crippen MR) is 91.8 cm³/mol. The predicted octanol–water partition coefficient (Wildman–Crippen LogP) is 0.171. The third-order valence-electron chi connectivity index (χ3n) is 5.01. The maximum atomic E-state index is 12.7. The smallest absolute Gasteiger partial charge is 0.248 e. The number of hydrogen-bond donors (Lipinski definition) is 1. The standard InChI is InChI=1S/C17H25N5O2/c1-20-8-10-22(11-9-20)17(24)13-3-6-21(7-4-13)15-12-14(16(18)23)2-5-19-15/h2,5,12-13H,3-4,6-11H2,1H3,(H2,18,23). The highest BCUT2D eigenvalue weighted by Crippen LogP contribution is 2.24. The van der Waals surface area contributed by atoms with Gasteiger partial charge in [0, 0.05) is 56.9 Å². The van der Waals surface area contributed by atoms with Gasteiger partial charge in [-0.05, 0) is 32.0 Å². The minimum absolute atomic E-state index is 0.101. The van der Waals surface area contributed by atoms with E-state index in [2.05, 4.69) is 21.8 Å². The van der Waals surface area contributed by atoms with Crippen LogP contribution in [0.25, 0.3) is 0 Å². The normalized spacial score (nSPS) is 20.2. The topological polar surface area (TPSA) is 82.8 Å². The van der Waals surface area contributed by atoms with Gasteiger partial charge in [-0.15, -0.1) is 0 Å². The van der Waals surface area contributed by atoms with Gasteiger partial charge in [-0.2, -0.15) is 0 Å². The molecule has 1 aromatic rings. The third-order valence-corrected chi connectivity index (χ3v) is 5.01. The van der Waals surface area contributed by atoms with Crippen LogP contribution >= 0.6 is 0 Å². The highest BCUT2D eigenvalue weighted by Gasteiger charge is 2.30. The Balaban J connectivity index is 1.56. The Morgan fingerprint density at radius 3 is 2.42 bits per heavy atom. The molecular weight excluding hydrogens is 306 g/mol. The van der Waals surface area contributed by atoms with Gasteiger partial charge in [0.1, 0.15) is 5.82 Å². The van der Waals surface area contributed by atoms with E-state index in [0.717, 1.165) is 57.9 Å². The molecule has 0 spiro atoms. The average Bonchev–Trinajstić information content (AvgIpc) is 2.62. The molecule has 2 aliphatic heterocycles. The number of carbonyl (C=O) groups is 2. The van der Waals surface area contributed by atoms with Gasteiger partial charge < -0.3 is 20.4 Å². The van der Waals surface area contributed by atoms with E-state index in [0.29, 0.717) is 11.5 Å². The first-order chi connectivity index (χ1) is 11.5. The van der Waals surface area contributed by atoms with Crippen LogP contribution in [0.4, 0.5) is 5.82 Å². The van der Waals surface area contributed by atoms with E-state index < -0.39 is 5.91 Å². The SMILES string of the molecule is CN1CCN(C(=O)C2CCN(c3cc(C(N)=O)ccn3)CC2)CC1. The van der Waals surface area contributed by atoms with Crippen LogP contribution in [0.3, 0.4) is 0 Å². The summed E-state index contributed by atoms with van der Waals surface area (Å²) in [7, 11) is 2.09. The molecule has 0 aromatic carbocycles. The van der Waals surface area contributed by atoms with E-state index in [1.54, 1.807) is 18.3 Å². The fourth-order valence-corrected chi connectivity index (χ4v) is 3.39. The summed E-state index contributed by atoms with van der Waals surface area (Å²) in [4.78, 5) is 34.7. The quantitative estimate of drug-likeness (QED) is 0.854. The Morgan fingerprint density at radius 2 is 1.79 bits per heavy atom. The summed E-state index contributed by atoms with van der Waals surface area (Å²) < 4.78 is 0. The number of likely N-dealkylation sites (N-methyl/N-ethyl adjacent to an activating group) is 1. The summed E-state index contributed by atoms with van der Waals surface area (Å²) in [5.41, 5.74) is 5.80. The molecule has 3 heterocycles. The fourth-order valence-electron chi connectivity index (χ4n) is 3.39. The lowest BCUT2D eigenvalue weighted by Gasteiger charge is -2.37. The maximum absolute atomic E-state index is 12.7. The van der Waals surface area contributed by atoms with Gasteiger partial charge in [0.05, 0.1) is 0 Å². The molecule has 0 saturated carbocycles. The van der Waals surface area contributed by atoms with Crippen molar-refractivity contribution in [3.8, 4) is 0 Å². The van der Waals surface area contributed by atoms with E-state index in [1.165, 1.54) is 0 Å². The number of piperazine rings is 1. The summed E-state index contributed by atoms with van der Waals surface area (Å²) in [5, 5.41) is 0. The molecule has 7 nitrogen and oxygen atoms in total. The van der Waals surface area contributed by atoms with Crippen molar-refractivity contribution < 1.29 is 9.59 Å². The number of primary amides is 1. The summed E-state index contributed by atoms with van der Waals surface area (Å²) in [5.74, 6) is 0.709. The summed E-state index contributed by atoms with van der Waals surface area (Å²) >= 11 is 0. The molecule has 2 aliphatic rings. The van der Waals surface area contributed by atoms with Crippen molar-refractivity contribution in [3.63, 3.8) is 0 Å². The number of rotatable bonds is 3. The van der Waals surface area contributed by atoms with Crippen molar-refractivity contribution in [2.75, 3.05) is 51.2 Å². The van der Waals surface area contributed by atoms with Crippen molar-refractivity contribution in [2.45, 2.75) is 12.8 Å². The Kier molecular flexibility index (Phi) is 4.99. The molecule has 0 radical (unpaired) electrons. The molecule has 2 fully saturated rings. The van der Waals surface area contributed by atoms with Gasteiger partial charge in [0.15, 0.2) is 0 Å².